The maximum atomic E-state index is 8.89. The topological polar surface area (TPSA) is 23.5 Å². The number of nitrogens with zero attached hydrogens (tertiary/aromatic N) is 1. The van der Waals surface area contributed by atoms with E-state index in [-0.39, 0.29) is 6.73 Å². The van der Waals surface area contributed by atoms with Crippen molar-refractivity contribution < 1.29 is 5.11 Å². The molecule has 1 aromatic rings. The van der Waals surface area contributed by atoms with E-state index in [0.717, 1.165) is 5.69 Å². The van der Waals surface area contributed by atoms with Gasteiger partial charge in [0.25, 0.3) is 0 Å². The molecule has 0 amide bonds. The first-order chi connectivity index (χ1) is 6.15. The summed E-state index contributed by atoms with van der Waals surface area (Å²) in [4.78, 5) is 1.80. The molecule has 0 unspecified atom stereocenters. The van der Waals surface area contributed by atoms with E-state index in [1.54, 1.807) is 4.90 Å². The maximum Gasteiger partial charge on any atom is 0.115 e. The van der Waals surface area contributed by atoms with E-state index in [0.29, 0.717) is 5.92 Å². The monoisotopic (exact) mass is 179 g/mol. The zero-order valence-electron chi connectivity index (χ0n) is 8.49. The molecule has 2 heteroatoms. The predicted molar refractivity (Wildman–Crippen MR) is 56.0 cm³/mol. The minimum absolute atomic E-state index is 0.0566. The molecular weight excluding hydrogens is 162 g/mol. The smallest absolute Gasteiger partial charge is 0.115 e. The van der Waals surface area contributed by atoms with Gasteiger partial charge in [-0.3, -0.25) is 0 Å². The average molecular weight is 179 g/mol. The lowest BCUT2D eigenvalue weighted by Crippen LogP contribution is -2.17. The van der Waals surface area contributed by atoms with Crippen molar-refractivity contribution in [2.75, 3.05) is 18.7 Å². The van der Waals surface area contributed by atoms with Gasteiger partial charge in [0.2, 0.25) is 0 Å². The van der Waals surface area contributed by atoms with Gasteiger partial charge in [0.1, 0.15) is 6.73 Å². The van der Waals surface area contributed by atoms with Crippen LogP contribution in [0.1, 0.15) is 25.3 Å². The van der Waals surface area contributed by atoms with Gasteiger partial charge < -0.3 is 10.0 Å². The highest BCUT2D eigenvalue weighted by Crippen LogP contribution is 2.18. The van der Waals surface area contributed by atoms with E-state index in [1.807, 2.05) is 19.2 Å². The molecule has 0 spiro atoms. The van der Waals surface area contributed by atoms with Gasteiger partial charge in [-0.2, -0.15) is 0 Å². The Morgan fingerprint density at radius 2 is 1.77 bits per heavy atom. The Bertz CT molecular complexity index is 253. The van der Waals surface area contributed by atoms with Gasteiger partial charge in [0.15, 0.2) is 0 Å². The molecule has 0 saturated heterocycles. The predicted octanol–water partition coefficient (Wildman–Crippen LogP) is 2.20. The molecule has 0 saturated carbocycles. The first kappa shape index (κ1) is 10.1. The molecule has 72 valence electrons. The Morgan fingerprint density at radius 3 is 2.15 bits per heavy atom. The van der Waals surface area contributed by atoms with Crippen molar-refractivity contribution in [1.82, 2.24) is 0 Å². The summed E-state index contributed by atoms with van der Waals surface area (Å²) in [5, 5.41) is 8.89. The van der Waals surface area contributed by atoms with Crippen LogP contribution in [0.25, 0.3) is 0 Å². The molecule has 1 aromatic carbocycles. The van der Waals surface area contributed by atoms with Crippen LogP contribution >= 0.6 is 0 Å². The molecule has 0 aliphatic heterocycles. The summed E-state index contributed by atoms with van der Waals surface area (Å²) >= 11 is 0. The van der Waals surface area contributed by atoms with Crippen LogP contribution in [0.3, 0.4) is 0 Å². The zero-order valence-corrected chi connectivity index (χ0v) is 8.49. The fraction of sp³-hybridized carbons (Fsp3) is 0.455. The highest BCUT2D eigenvalue weighted by molar-refractivity contribution is 5.46. The van der Waals surface area contributed by atoms with E-state index < -0.39 is 0 Å². The largest absolute Gasteiger partial charge is 0.376 e. The quantitative estimate of drug-likeness (QED) is 0.719. The lowest BCUT2D eigenvalue weighted by atomic mass is 10.0. The molecule has 0 aromatic heterocycles. The van der Waals surface area contributed by atoms with Crippen LogP contribution in [-0.4, -0.2) is 18.9 Å². The van der Waals surface area contributed by atoms with E-state index in [1.165, 1.54) is 5.56 Å². The highest BCUT2D eigenvalue weighted by atomic mass is 16.3. The summed E-state index contributed by atoms with van der Waals surface area (Å²) in [6, 6.07) is 8.27. The molecule has 1 N–H and O–H groups in total. The van der Waals surface area contributed by atoms with Gasteiger partial charge >= 0.3 is 0 Å². The second-order valence-corrected chi connectivity index (χ2v) is 3.59. The van der Waals surface area contributed by atoms with E-state index in [2.05, 4.69) is 26.0 Å². The van der Waals surface area contributed by atoms with E-state index in [4.69, 9.17) is 5.11 Å². The lowest BCUT2D eigenvalue weighted by Gasteiger charge is -2.16. The SMILES string of the molecule is CC(C)c1ccc(N(C)CO)cc1. The van der Waals surface area contributed by atoms with Gasteiger partial charge in [-0.1, -0.05) is 26.0 Å². The van der Waals surface area contributed by atoms with Gasteiger partial charge in [0, 0.05) is 12.7 Å². The number of aliphatic hydroxyl groups excluding tert-OH is 1. The Morgan fingerprint density at radius 1 is 1.23 bits per heavy atom. The third-order valence-electron chi connectivity index (χ3n) is 2.21. The summed E-state index contributed by atoms with van der Waals surface area (Å²) in [5.74, 6) is 0.563. The second kappa shape index (κ2) is 4.28. The lowest BCUT2D eigenvalue weighted by molar-refractivity contribution is 0.298. The fourth-order valence-corrected chi connectivity index (χ4v) is 1.20. The summed E-state index contributed by atoms with van der Waals surface area (Å²) in [5.41, 5.74) is 2.38. The molecule has 0 fully saturated rings. The number of anilines is 1. The van der Waals surface area contributed by atoms with Gasteiger partial charge in [-0.15, -0.1) is 0 Å². The minimum Gasteiger partial charge on any atom is -0.376 e. The number of hydrogen-bond donors (Lipinski definition) is 1. The van der Waals surface area contributed by atoms with Crippen molar-refractivity contribution in [3.05, 3.63) is 29.8 Å². The van der Waals surface area contributed by atoms with Crippen molar-refractivity contribution >= 4 is 5.69 Å². The standard InChI is InChI=1S/C11H17NO/c1-9(2)10-4-6-11(7-5-10)12(3)8-13/h4-7,9,13H,8H2,1-3H3. The first-order valence-corrected chi connectivity index (χ1v) is 4.57. The molecule has 0 bridgehead atoms. The van der Waals surface area contributed by atoms with Crippen molar-refractivity contribution in [3.8, 4) is 0 Å². The summed E-state index contributed by atoms with van der Waals surface area (Å²) < 4.78 is 0. The normalized spacial score (nSPS) is 10.5. The zero-order chi connectivity index (χ0) is 9.84. The van der Waals surface area contributed by atoms with Crippen molar-refractivity contribution in [2.45, 2.75) is 19.8 Å². The van der Waals surface area contributed by atoms with Gasteiger partial charge in [-0.25, -0.2) is 0 Å². The van der Waals surface area contributed by atoms with E-state index >= 15 is 0 Å². The highest BCUT2D eigenvalue weighted by Gasteiger charge is 2.00. The van der Waals surface area contributed by atoms with Crippen molar-refractivity contribution in [2.24, 2.45) is 0 Å². The third kappa shape index (κ3) is 2.46. The first-order valence-electron chi connectivity index (χ1n) is 4.57. The second-order valence-electron chi connectivity index (χ2n) is 3.59. The molecule has 0 aliphatic rings. The third-order valence-corrected chi connectivity index (χ3v) is 2.21. The molecule has 0 atom stereocenters. The van der Waals surface area contributed by atoms with Crippen LogP contribution in [-0.2, 0) is 0 Å². The van der Waals surface area contributed by atoms with E-state index in [9.17, 15) is 0 Å². The minimum atomic E-state index is 0.0566. The molecule has 0 radical (unpaired) electrons. The number of rotatable bonds is 3. The molecule has 2 nitrogen and oxygen atoms in total. The Labute approximate surface area is 79.8 Å². The number of benzene rings is 1. The van der Waals surface area contributed by atoms with Gasteiger partial charge in [-0.05, 0) is 23.6 Å². The fourth-order valence-electron chi connectivity index (χ4n) is 1.20. The van der Waals surface area contributed by atoms with Crippen LogP contribution in [0.5, 0.6) is 0 Å². The Balaban J connectivity index is 2.81. The molecule has 1 rings (SSSR count). The maximum absolute atomic E-state index is 8.89. The van der Waals surface area contributed by atoms with Crippen LogP contribution < -0.4 is 4.90 Å². The summed E-state index contributed by atoms with van der Waals surface area (Å²) in [7, 11) is 1.87. The summed E-state index contributed by atoms with van der Waals surface area (Å²) in [6.07, 6.45) is 0. The Hall–Kier alpha value is -1.02. The molecule has 0 aliphatic carbocycles. The van der Waals surface area contributed by atoms with Crippen molar-refractivity contribution in [3.63, 3.8) is 0 Å². The van der Waals surface area contributed by atoms with Crippen molar-refractivity contribution in [1.29, 1.82) is 0 Å². The number of hydrogen-bond acceptors (Lipinski definition) is 2. The number of aliphatic hydroxyl groups is 1. The average Bonchev–Trinajstić information content (AvgIpc) is 2.17. The van der Waals surface area contributed by atoms with Crippen LogP contribution in [0.2, 0.25) is 0 Å². The van der Waals surface area contributed by atoms with Crippen LogP contribution in [0, 0.1) is 0 Å². The molecular formula is C11H17NO. The van der Waals surface area contributed by atoms with Crippen LogP contribution in [0.15, 0.2) is 24.3 Å². The summed E-state index contributed by atoms with van der Waals surface area (Å²) in [6.45, 7) is 4.40. The molecule has 0 heterocycles. The van der Waals surface area contributed by atoms with Crippen LogP contribution in [0.4, 0.5) is 5.69 Å². The van der Waals surface area contributed by atoms with Gasteiger partial charge in [0.05, 0.1) is 0 Å². The molecule has 13 heavy (non-hydrogen) atoms. The Kier molecular flexibility index (Phi) is 3.32.